The van der Waals surface area contributed by atoms with E-state index in [4.69, 9.17) is 10.8 Å². The summed E-state index contributed by atoms with van der Waals surface area (Å²) in [5, 5.41) is 20.5. The lowest BCUT2D eigenvalue weighted by Crippen LogP contribution is -2.43. The number of amides is 2. The topological polar surface area (TPSA) is 130 Å². The summed E-state index contributed by atoms with van der Waals surface area (Å²) in [6.07, 6.45) is -0.503. The fourth-order valence-electron chi connectivity index (χ4n) is 1.30. The Morgan fingerprint density at radius 1 is 1.37 bits per heavy atom. The van der Waals surface area contributed by atoms with Gasteiger partial charge < -0.3 is 21.3 Å². The highest BCUT2D eigenvalue weighted by atomic mass is 127. The number of carbonyl (C=O) groups excluding carboxylic acids is 2. The molecule has 0 aliphatic rings. The van der Waals surface area contributed by atoms with E-state index < -0.39 is 30.2 Å². The second kappa shape index (κ2) is 6.36. The zero-order valence-corrected chi connectivity index (χ0v) is 11.7. The Balaban J connectivity index is 2.84. The van der Waals surface area contributed by atoms with Crippen LogP contribution in [0.2, 0.25) is 0 Å². The molecule has 0 saturated carbocycles. The van der Waals surface area contributed by atoms with E-state index >= 15 is 0 Å². The van der Waals surface area contributed by atoms with Crippen LogP contribution < -0.4 is 11.1 Å². The van der Waals surface area contributed by atoms with Gasteiger partial charge in [0.2, 0.25) is 5.91 Å². The van der Waals surface area contributed by atoms with Crippen molar-refractivity contribution in [2.45, 2.75) is 12.5 Å². The molecule has 0 aliphatic carbocycles. The average molecular weight is 378 g/mol. The molecule has 1 rings (SSSR count). The van der Waals surface area contributed by atoms with Gasteiger partial charge in [-0.15, -0.1) is 0 Å². The molecule has 102 valence electrons. The van der Waals surface area contributed by atoms with Gasteiger partial charge in [-0.3, -0.25) is 9.59 Å². The van der Waals surface area contributed by atoms with Crippen molar-refractivity contribution in [3.8, 4) is 5.75 Å². The fraction of sp³-hybridized carbons (Fsp3) is 0.182. The molecule has 0 aliphatic heterocycles. The van der Waals surface area contributed by atoms with Crippen molar-refractivity contribution in [1.29, 1.82) is 0 Å². The maximum atomic E-state index is 11.8. The number of rotatable bonds is 5. The van der Waals surface area contributed by atoms with Crippen molar-refractivity contribution in [3.63, 3.8) is 0 Å². The second-order valence-electron chi connectivity index (χ2n) is 3.70. The number of halogens is 1. The van der Waals surface area contributed by atoms with Gasteiger partial charge in [-0.25, -0.2) is 4.79 Å². The van der Waals surface area contributed by atoms with Gasteiger partial charge in [-0.1, -0.05) is 0 Å². The van der Waals surface area contributed by atoms with E-state index in [1.54, 1.807) is 0 Å². The summed E-state index contributed by atoms with van der Waals surface area (Å²) in [7, 11) is 0. The Hall–Kier alpha value is -1.84. The van der Waals surface area contributed by atoms with Crippen molar-refractivity contribution < 1.29 is 24.6 Å². The number of hydrogen-bond donors (Lipinski definition) is 4. The Morgan fingerprint density at radius 3 is 2.47 bits per heavy atom. The van der Waals surface area contributed by atoms with Gasteiger partial charge in [0.15, 0.2) is 0 Å². The van der Waals surface area contributed by atoms with Gasteiger partial charge >= 0.3 is 5.97 Å². The van der Waals surface area contributed by atoms with Crippen LogP contribution in [0.3, 0.4) is 0 Å². The van der Waals surface area contributed by atoms with E-state index in [-0.39, 0.29) is 11.3 Å². The Bertz CT molecular complexity index is 532. The van der Waals surface area contributed by atoms with E-state index in [1.165, 1.54) is 18.2 Å². The molecule has 5 N–H and O–H groups in total. The second-order valence-corrected chi connectivity index (χ2v) is 4.86. The number of nitrogens with one attached hydrogen (secondary N) is 1. The minimum absolute atomic E-state index is 0.0879. The molecular formula is C11H11IN2O5. The van der Waals surface area contributed by atoms with E-state index in [0.29, 0.717) is 3.57 Å². The molecule has 1 aromatic carbocycles. The number of aliphatic carboxylic acids is 1. The largest absolute Gasteiger partial charge is 0.507 e. The summed E-state index contributed by atoms with van der Waals surface area (Å²) < 4.78 is 0.557. The number of carbonyl (C=O) groups is 3. The fourth-order valence-corrected chi connectivity index (χ4v) is 1.63. The molecule has 0 heterocycles. The molecule has 19 heavy (non-hydrogen) atoms. The van der Waals surface area contributed by atoms with Crippen molar-refractivity contribution in [2.24, 2.45) is 5.73 Å². The monoisotopic (exact) mass is 378 g/mol. The molecule has 8 heteroatoms. The molecule has 1 unspecified atom stereocenters. The third-order valence-corrected chi connectivity index (χ3v) is 3.13. The van der Waals surface area contributed by atoms with Crippen molar-refractivity contribution >= 4 is 40.4 Å². The number of aromatic hydroxyl groups is 1. The molecule has 0 radical (unpaired) electrons. The maximum absolute atomic E-state index is 11.8. The summed E-state index contributed by atoms with van der Waals surface area (Å²) in [5.74, 6) is -2.99. The number of carboxylic acid groups (broad SMARTS) is 1. The van der Waals surface area contributed by atoms with Crippen LogP contribution in [-0.2, 0) is 9.59 Å². The lowest BCUT2D eigenvalue weighted by Gasteiger charge is -2.13. The number of carboxylic acids is 1. The van der Waals surface area contributed by atoms with E-state index in [9.17, 15) is 19.5 Å². The molecule has 1 aromatic rings. The molecule has 0 fully saturated rings. The Labute approximate surface area is 121 Å². The summed E-state index contributed by atoms with van der Waals surface area (Å²) in [4.78, 5) is 33.3. The maximum Gasteiger partial charge on any atom is 0.326 e. The minimum atomic E-state index is -1.40. The molecule has 2 amide bonds. The molecule has 7 nitrogen and oxygen atoms in total. The first-order valence-electron chi connectivity index (χ1n) is 5.11. The summed E-state index contributed by atoms with van der Waals surface area (Å²) in [5.41, 5.74) is 4.99. The molecule has 0 aromatic heterocycles. The number of phenols is 1. The predicted octanol–water partition coefficient (Wildman–Crippen LogP) is 0.0552. The van der Waals surface area contributed by atoms with Gasteiger partial charge in [0.05, 0.1) is 9.99 Å². The van der Waals surface area contributed by atoms with Crippen molar-refractivity contribution in [3.05, 3.63) is 27.3 Å². The lowest BCUT2D eigenvalue weighted by molar-refractivity contribution is -0.140. The number of hydrogen-bond acceptors (Lipinski definition) is 4. The van der Waals surface area contributed by atoms with Crippen LogP contribution in [0.5, 0.6) is 5.75 Å². The average Bonchev–Trinajstić information content (AvgIpc) is 2.31. The van der Waals surface area contributed by atoms with E-state index in [1.807, 2.05) is 22.6 Å². The summed E-state index contributed by atoms with van der Waals surface area (Å²) in [6, 6.07) is 2.75. The van der Waals surface area contributed by atoms with Crippen LogP contribution in [0.4, 0.5) is 0 Å². The molecule has 0 bridgehead atoms. The minimum Gasteiger partial charge on any atom is -0.507 e. The quantitative estimate of drug-likeness (QED) is 0.539. The first kappa shape index (κ1) is 15.2. The molecule has 1 atom stereocenters. The highest BCUT2D eigenvalue weighted by molar-refractivity contribution is 14.1. The Morgan fingerprint density at radius 2 is 2.00 bits per heavy atom. The van der Waals surface area contributed by atoms with Gasteiger partial charge in [-0.05, 0) is 40.8 Å². The van der Waals surface area contributed by atoms with Crippen molar-refractivity contribution in [1.82, 2.24) is 5.32 Å². The smallest absolute Gasteiger partial charge is 0.326 e. The van der Waals surface area contributed by atoms with Gasteiger partial charge in [-0.2, -0.15) is 0 Å². The third-order valence-electron chi connectivity index (χ3n) is 2.22. The zero-order chi connectivity index (χ0) is 14.6. The number of phenolic OH excluding ortho intramolecular Hbond substituents is 1. The van der Waals surface area contributed by atoms with Gasteiger partial charge in [0.1, 0.15) is 11.8 Å². The first-order chi connectivity index (χ1) is 8.81. The van der Waals surface area contributed by atoms with Gasteiger partial charge in [0.25, 0.3) is 5.91 Å². The predicted molar refractivity (Wildman–Crippen MR) is 73.5 cm³/mol. The highest BCUT2D eigenvalue weighted by Gasteiger charge is 2.22. The van der Waals surface area contributed by atoms with E-state index in [2.05, 4.69) is 5.32 Å². The van der Waals surface area contributed by atoms with Crippen molar-refractivity contribution in [2.75, 3.05) is 0 Å². The van der Waals surface area contributed by atoms with Crippen LogP contribution >= 0.6 is 22.6 Å². The number of nitrogens with two attached hydrogens (primary N) is 1. The standard InChI is InChI=1S/C11H11IN2O5/c12-6-2-1-5(3-8(6)15)10(17)14-7(11(18)19)4-9(13)16/h1-3,7,15H,4H2,(H2,13,16)(H,14,17)(H,18,19). The first-order valence-corrected chi connectivity index (χ1v) is 6.19. The van der Waals surface area contributed by atoms with Crippen LogP contribution in [0.25, 0.3) is 0 Å². The SMILES string of the molecule is NC(=O)CC(NC(=O)c1ccc(I)c(O)c1)C(=O)O. The Kier molecular flexibility index (Phi) is 5.10. The molecular weight excluding hydrogens is 367 g/mol. The summed E-state index contributed by atoms with van der Waals surface area (Å²) >= 11 is 1.88. The number of primary amides is 1. The molecule has 0 spiro atoms. The van der Waals surface area contributed by atoms with Gasteiger partial charge in [0, 0.05) is 5.56 Å². The van der Waals surface area contributed by atoms with Crippen LogP contribution in [0.1, 0.15) is 16.8 Å². The third kappa shape index (κ3) is 4.39. The molecule has 0 saturated heterocycles. The van der Waals surface area contributed by atoms with Crippen LogP contribution in [0.15, 0.2) is 18.2 Å². The lowest BCUT2D eigenvalue weighted by atomic mass is 10.1. The van der Waals surface area contributed by atoms with E-state index in [0.717, 1.165) is 0 Å². The summed E-state index contributed by atoms with van der Waals surface area (Å²) in [6.45, 7) is 0. The normalized spacial score (nSPS) is 11.6. The van der Waals surface area contributed by atoms with Crippen LogP contribution in [-0.4, -0.2) is 34.0 Å². The zero-order valence-electron chi connectivity index (χ0n) is 9.59. The number of benzene rings is 1. The highest BCUT2D eigenvalue weighted by Crippen LogP contribution is 2.20. The van der Waals surface area contributed by atoms with Crippen LogP contribution in [0, 0.1) is 3.57 Å².